The van der Waals surface area contributed by atoms with E-state index in [1.165, 1.54) is 18.2 Å². The van der Waals surface area contributed by atoms with Crippen LogP contribution in [0.25, 0.3) is 0 Å². The minimum absolute atomic E-state index is 0.0694. The molecule has 0 unspecified atom stereocenters. The van der Waals surface area contributed by atoms with Crippen LogP contribution in [0, 0.1) is 11.6 Å². The van der Waals surface area contributed by atoms with Crippen molar-refractivity contribution in [3.05, 3.63) is 57.0 Å². The summed E-state index contributed by atoms with van der Waals surface area (Å²) in [6.07, 6.45) is 0. The maximum absolute atomic E-state index is 14.1. The molecule has 0 aliphatic rings. The van der Waals surface area contributed by atoms with E-state index in [1.807, 2.05) is 0 Å². The Morgan fingerprint density at radius 3 is 2.45 bits per heavy atom. The van der Waals surface area contributed by atoms with E-state index in [9.17, 15) is 8.78 Å². The molecule has 0 heterocycles. The van der Waals surface area contributed by atoms with Gasteiger partial charge in [-0.05, 0) is 46.3 Å². The van der Waals surface area contributed by atoms with Gasteiger partial charge in [0.15, 0.2) is 5.82 Å². The third-order valence-electron chi connectivity index (χ3n) is 2.55. The van der Waals surface area contributed by atoms with Crippen LogP contribution in [0.5, 0.6) is 0 Å². The van der Waals surface area contributed by atoms with Gasteiger partial charge < -0.3 is 11.1 Å². The van der Waals surface area contributed by atoms with E-state index in [4.69, 9.17) is 29.6 Å². The number of halogens is 4. The normalized spacial score (nSPS) is 10.4. The largest absolute Gasteiger partial charge is 0.389 e. The lowest BCUT2D eigenvalue weighted by atomic mass is 10.2. The lowest BCUT2D eigenvalue weighted by molar-refractivity contribution is 0.621. The van der Waals surface area contributed by atoms with E-state index in [0.29, 0.717) is 5.56 Å². The standard InChI is InChI=1S/C13H8BrClF2N2S/c14-11-7(13(18)20)2-4-10(12(11)17)19-9-3-1-6(15)5-8(9)16/h1-5,19H,(H2,18,20). The minimum Gasteiger partial charge on any atom is -0.389 e. The fourth-order valence-electron chi connectivity index (χ4n) is 1.57. The van der Waals surface area contributed by atoms with E-state index in [2.05, 4.69) is 21.2 Å². The maximum Gasteiger partial charge on any atom is 0.161 e. The monoisotopic (exact) mass is 376 g/mol. The molecular formula is C13H8BrClF2N2S. The molecule has 2 aromatic carbocycles. The van der Waals surface area contributed by atoms with Gasteiger partial charge in [-0.25, -0.2) is 8.78 Å². The van der Waals surface area contributed by atoms with Crippen LogP contribution in [0.1, 0.15) is 5.56 Å². The number of hydrogen-bond acceptors (Lipinski definition) is 2. The number of thiocarbonyl (C=S) groups is 1. The summed E-state index contributed by atoms with van der Waals surface area (Å²) in [5, 5.41) is 2.91. The van der Waals surface area contributed by atoms with Gasteiger partial charge >= 0.3 is 0 Å². The summed E-state index contributed by atoms with van der Waals surface area (Å²) in [4.78, 5) is 0.0694. The van der Waals surface area contributed by atoms with Crippen molar-refractivity contribution in [1.29, 1.82) is 0 Å². The Hall–Kier alpha value is -1.24. The van der Waals surface area contributed by atoms with Crippen LogP contribution in [0.15, 0.2) is 34.8 Å². The molecule has 0 amide bonds. The zero-order chi connectivity index (χ0) is 14.9. The lowest BCUT2D eigenvalue weighted by Crippen LogP contribution is -2.11. The quantitative estimate of drug-likeness (QED) is 0.758. The van der Waals surface area contributed by atoms with Crippen molar-refractivity contribution >= 4 is 56.1 Å². The van der Waals surface area contributed by atoms with Gasteiger partial charge in [0.1, 0.15) is 10.8 Å². The smallest absolute Gasteiger partial charge is 0.161 e. The average molecular weight is 378 g/mol. The fourth-order valence-corrected chi connectivity index (χ4v) is 2.59. The van der Waals surface area contributed by atoms with Crippen LogP contribution >= 0.6 is 39.7 Å². The van der Waals surface area contributed by atoms with E-state index < -0.39 is 11.6 Å². The molecule has 0 saturated carbocycles. The first-order valence-electron chi connectivity index (χ1n) is 5.40. The molecule has 104 valence electrons. The molecule has 0 aliphatic carbocycles. The van der Waals surface area contributed by atoms with E-state index >= 15 is 0 Å². The Morgan fingerprint density at radius 1 is 1.20 bits per heavy atom. The van der Waals surface area contributed by atoms with Crippen molar-refractivity contribution < 1.29 is 8.78 Å². The van der Waals surface area contributed by atoms with Gasteiger partial charge in [-0.3, -0.25) is 0 Å². The highest BCUT2D eigenvalue weighted by Gasteiger charge is 2.14. The molecular weight excluding hydrogens is 370 g/mol. The van der Waals surface area contributed by atoms with Crippen molar-refractivity contribution in [2.75, 3.05) is 5.32 Å². The molecule has 2 rings (SSSR count). The molecule has 0 radical (unpaired) electrons. The summed E-state index contributed by atoms with van der Waals surface area (Å²) >= 11 is 13.5. The van der Waals surface area contributed by atoms with Crippen molar-refractivity contribution in [3.63, 3.8) is 0 Å². The molecule has 0 spiro atoms. The van der Waals surface area contributed by atoms with Crippen LogP contribution < -0.4 is 11.1 Å². The van der Waals surface area contributed by atoms with Crippen molar-refractivity contribution in [2.24, 2.45) is 5.73 Å². The van der Waals surface area contributed by atoms with Gasteiger partial charge in [0.25, 0.3) is 0 Å². The number of anilines is 2. The van der Waals surface area contributed by atoms with E-state index in [1.54, 1.807) is 6.07 Å². The predicted molar refractivity (Wildman–Crippen MR) is 84.7 cm³/mol. The Morgan fingerprint density at radius 2 is 1.85 bits per heavy atom. The Labute approximate surface area is 133 Å². The second-order valence-electron chi connectivity index (χ2n) is 3.90. The molecule has 3 N–H and O–H groups in total. The van der Waals surface area contributed by atoms with Gasteiger partial charge in [0, 0.05) is 10.6 Å². The fraction of sp³-hybridized carbons (Fsp3) is 0. The molecule has 0 fully saturated rings. The SMILES string of the molecule is NC(=S)c1ccc(Nc2ccc(Cl)cc2F)c(F)c1Br. The maximum atomic E-state index is 14.1. The second-order valence-corrected chi connectivity index (χ2v) is 5.57. The number of benzene rings is 2. The summed E-state index contributed by atoms with van der Waals surface area (Å²) in [7, 11) is 0. The third kappa shape index (κ3) is 3.08. The third-order valence-corrected chi connectivity index (χ3v) is 3.78. The van der Waals surface area contributed by atoms with Crippen molar-refractivity contribution in [3.8, 4) is 0 Å². The number of rotatable bonds is 3. The highest BCUT2D eigenvalue weighted by molar-refractivity contribution is 9.10. The highest BCUT2D eigenvalue weighted by Crippen LogP contribution is 2.30. The molecule has 0 atom stereocenters. The molecule has 7 heteroatoms. The highest BCUT2D eigenvalue weighted by atomic mass is 79.9. The molecule has 2 nitrogen and oxygen atoms in total. The second kappa shape index (κ2) is 6.03. The van der Waals surface area contributed by atoms with Gasteiger partial charge in [-0.15, -0.1) is 0 Å². The first-order chi connectivity index (χ1) is 9.40. The van der Waals surface area contributed by atoms with Crippen molar-refractivity contribution in [1.82, 2.24) is 0 Å². The number of hydrogen-bond donors (Lipinski definition) is 2. The summed E-state index contributed by atoms with van der Waals surface area (Å²) in [5.41, 5.74) is 6.05. The minimum atomic E-state index is -0.607. The van der Waals surface area contributed by atoms with E-state index in [0.717, 1.165) is 6.07 Å². The Balaban J connectivity index is 2.39. The molecule has 0 bridgehead atoms. The predicted octanol–water partition coefficient (Wildman–Crippen LogP) is 4.76. The average Bonchev–Trinajstić information content (AvgIpc) is 2.37. The molecule has 2 aromatic rings. The number of nitrogens with one attached hydrogen (secondary N) is 1. The lowest BCUT2D eigenvalue weighted by Gasteiger charge is -2.12. The van der Waals surface area contributed by atoms with Crippen LogP contribution in [-0.4, -0.2) is 4.99 Å². The first-order valence-corrected chi connectivity index (χ1v) is 6.98. The van der Waals surface area contributed by atoms with Gasteiger partial charge in [-0.1, -0.05) is 23.8 Å². The van der Waals surface area contributed by atoms with Gasteiger partial charge in [0.2, 0.25) is 0 Å². The zero-order valence-electron chi connectivity index (χ0n) is 9.88. The van der Waals surface area contributed by atoms with Crippen LogP contribution in [0.3, 0.4) is 0 Å². The van der Waals surface area contributed by atoms with Crippen LogP contribution in [-0.2, 0) is 0 Å². The molecule has 20 heavy (non-hydrogen) atoms. The molecule has 0 saturated heterocycles. The topological polar surface area (TPSA) is 38.0 Å². The van der Waals surface area contributed by atoms with E-state index in [-0.39, 0.29) is 25.9 Å². The Kier molecular flexibility index (Phi) is 4.57. The summed E-state index contributed by atoms with van der Waals surface area (Å²) in [6, 6.07) is 7.05. The van der Waals surface area contributed by atoms with Crippen LogP contribution in [0.4, 0.5) is 20.2 Å². The molecule has 0 aromatic heterocycles. The van der Waals surface area contributed by atoms with Crippen molar-refractivity contribution in [2.45, 2.75) is 0 Å². The van der Waals surface area contributed by atoms with Gasteiger partial charge in [0.05, 0.1) is 15.8 Å². The Bertz CT molecular complexity index is 694. The summed E-state index contributed by atoms with van der Waals surface area (Å²) in [5.74, 6) is -1.18. The summed E-state index contributed by atoms with van der Waals surface area (Å²) < 4.78 is 27.9. The van der Waals surface area contributed by atoms with Gasteiger partial charge in [-0.2, -0.15) is 0 Å². The van der Waals surface area contributed by atoms with Crippen LogP contribution in [0.2, 0.25) is 5.02 Å². The number of nitrogens with two attached hydrogens (primary N) is 1. The first kappa shape index (κ1) is 15.2. The zero-order valence-corrected chi connectivity index (χ0v) is 13.0. The molecule has 0 aliphatic heterocycles. The summed E-state index contributed by atoms with van der Waals surface area (Å²) in [6.45, 7) is 0.